The van der Waals surface area contributed by atoms with Gasteiger partial charge in [0.15, 0.2) is 0 Å². The highest BCUT2D eigenvalue weighted by Gasteiger charge is 2.34. The van der Waals surface area contributed by atoms with Crippen LogP contribution in [0.1, 0.15) is 27.7 Å². The Hall–Kier alpha value is -1.57. The van der Waals surface area contributed by atoms with Crippen LogP contribution in [0.5, 0.6) is 0 Å². The van der Waals surface area contributed by atoms with Crippen LogP contribution >= 0.6 is 23.1 Å². The van der Waals surface area contributed by atoms with Gasteiger partial charge >= 0.3 is 0 Å². The molecule has 2 atom stereocenters. The summed E-state index contributed by atoms with van der Waals surface area (Å²) < 4.78 is 17.4. The van der Waals surface area contributed by atoms with E-state index in [1.165, 1.54) is 12.3 Å². The fourth-order valence-corrected chi connectivity index (χ4v) is 3.32. The number of rotatable bonds is 3. The van der Waals surface area contributed by atoms with Crippen molar-refractivity contribution in [2.75, 3.05) is 13.6 Å². The Labute approximate surface area is 136 Å². The Kier molecular flexibility index (Phi) is 4.37. The molecule has 0 bridgehead atoms. The fourth-order valence-electron chi connectivity index (χ4n) is 2.79. The molecule has 0 radical (unpaired) electrons. The first kappa shape index (κ1) is 15.3. The van der Waals surface area contributed by atoms with Crippen LogP contribution in [0, 0.1) is 5.82 Å². The summed E-state index contributed by atoms with van der Waals surface area (Å²) >= 11 is 6.79. The van der Waals surface area contributed by atoms with Crippen LogP contribution in [0.4, 0.5) is 4.39 Å². The van der Waals surface area contributed by atoms with Gasteiger partial charge in [0.25, 0.3) is 5.91 Å². The topological polar surface area (TPSA) is 58.1 Å². The summed E-state index contributed by atoms with van der Waals surface area (Å²) in [5, 5.41) is 6.75. The number of nitrogens with zero attached hydrogens (tertiary/aromatic N) is 3. The number of carbonyl (C=O) groups is 1. The molecule has 1 aromatic carbocycles. The van der Waals surface area contributed by atoms with E-state index in [2.05, 4.69) is 19.8 Å². The lowest BCUT2D eigenvalue weighted by atomic mass is 10.00. The zero-order valence-corrected chi connectivity index (χ0v) is 13.4. The number of hydrogen-bond acceptors (Lipinski definition) is 5. The summed E-state index contributed by atoms with van der Waals surface area (Å²) in [5.41, 5.74) is 0.801. The summed E-state index contributed by atoms with van der Waals surface area (Å²) in [6.07, 6.45) is 2.24. The molecule has 1 aliphatic rings. The Morgan fingerprint density at radius 1 is 1.55 bits per heavy atom. The molecular weight excluding hydrogens is 327 g/mol. The summed E-state index contributed by atoms with van der Waals surface area (Å²) in [6.45, 7) is 0.820. The molecule has 2 unspecified atom stereocenters. The first-order chi connectivity index (χ1) is 10.6. The first-order valence-electron chi connectivity index (χ1n) is 6.79. The largest absolute Gasteiger partial charge is 0.347 e. The zero-order chi connectivity index (χ0) is 15.7. The number of hydrogen-bond donors (Lipinski definition) is 1. The number of likely N-dealkylation sites (N-methyl/N-ethyl adjacent to an activating group) is 1. The van der Waals surface area contributed by atoms with E-state index in [0.717, 1.165) is 30.1 Å². The van der Waals surface area contributed by atoms with Gasteiger partial charge in [0.05, 0.1) is 23.3 Å². The molecule has 0 spiro atoms. The van der Waals surface area contributed by atoms with Crippen LogP contribution in [0.25, 0.3) is 0 Å². The van der Waals surface area contributed by atoms with Crippen molar-refractivity contribution < 1.29 is 9.18 Å². The van der Waals surface area contributed by atoms with Gasteiger partial charge in [0, 0.05) is 6.54 Å². The molecule has 1 N–H and O–H groups in total. The number of carbonyl (C=O) groups excluding carboxylic acids is 1. The second-order valence-electron chi connectivity index (χ2n) is 5.25. The van der Waals surface area contributed by atoms with E-state index in [1.807, 2.05) is 7.05 Å². The van der Waals surface area contributed by atoms with Crippen molar-refractivity contribution in [3.63, 3.8) is 0 Å². The molecule has 22 heavy (non-hydrogen) atoms. The molecule has 1 aliphatic heterocycles. The van der Waals surface area contributed by atoms with E-state index >= 15 is 0 Å². The number of benzene rings is 1. The second-order valence-corrected chi connectivity index (χ2v) is 6.44. The average Bonchev–Trinajstić information content (AvgIpc) is 3.13. The van der Waals surface area contributed by atoms with Crippen molar-refractivity contribution in [2.24, 2.45) is 0 Å². The van der Waals surface area contributed by atoms with Gasteiger partial charge in [-0.2, -0.15) is 0 Å². The van der Waals surface area contributed by atoms with Crippen LogP contribution in [-0.4, -0.2) is 40.0 Å². The molecule has 0 aliphatic carbocycles. The SMILES string of the molecule is CN1CCC(NC(=O)c2cnns2)C1c1ccc(Cl)c(F)c1. The van der Waals surface area contributed by atoms with Crippen LogP contribution < -0.4 is 5.32 Å². The minimum absolute atomic E-state index is 0.0865. The molecule has 116 valence electrons. The number of amides is 1. The van der Waals surface area contributed by atoms with Gasteiger partial charge in [-0.25, -0.2) is 4.39 Å². The molecule has 5 nitrogen and oxygen atoms in total. The van der Waals surface area contributed by atoms with E-state index in [0.29, 0.717) is 4.88 Å². The molecule has 3 rings (SSSR count). The van der Waals surface area contributed by atoms with Crippen molar-refractivity contribution in [1.29, 1.82) is 0 Å². The number of aromatic nitrogens is 2. The van der Waals surface area contributed by atoms with Crippen molar-refractivity contribution in [3.05, 3.63) is 45.7 Å². The molecule has 2 aromatic rings. The van der Waals surface area contributed by atoms with Crippen molar-refractivity contribution in [1.82, 2.24) is 19.8 Å². The minimum atomic E-state index is -0.448. The number of nitrogens with one attached hydrogen (secondary N) is 1. The Morgan fingerprint density at radius 3 is 3.05 bits per heavy atom. The third-order valence-corrected chi connectivity index (χ3v) is 4.81. The molecule has 1 saturated heterocycles. The van der Waals surface area contributed by atoms with Gasteiger partial charge in [-0.15, -0.1) is 5.10 Å². The highest BCUT2D eigenvalue weighted by Crippen LogP contribution is 2.32. The quantitative estimate of drug-likeness (QED) is 0.932. The highest BCUT2D eigenvalue weighted by molar-refractivity contribution is 7.07. The summed E-state index contributed by atoms with van der Waals surface area (Å²) in [4.78, 5) is 14.7. The maximum atomic E-state index is 13.7. The third kappa shape index (κ3) is 2.97. The van der Waals surface area contributed by atoms with Gasteiger partial charge in [-0.05, 0) is 42.7 Å². The zero-order valence-electron chi connectivity index (χ0n) is 11.8. The van der Waals surface area contributed by atoms with Crippen molar-refractivity contribution >= 4 is 29.0 Å². The van der Waals surface area contributed by atoms with Gasteiger partial charge in [-0.1, -0.05) is 22.2 Å². The molecule has 2 heterocycles. The van der Waals surface area contributed by atoms with Crippen LogP contribution in [0.15, 0.2) is 24.4 Å². The van der Waals surface area contributed by atoms with Gasteiger partial charge in [-0.3, -0.25) is 9.69 Å². The van der Waals surface area contributed by atoms with Crippen LogP contribution in [0.2, 0.25) is 5.02 Å². The fraction of sp³-hybridized carbons (Fsp3) is 0.357. The molecular formula is C14H14ClFN4OS. The van der Waals surface area contributed by atoms with E-state index < -0.39 is 5.82 Å². The summed E-state index contributed by atoms with van der Waals surface area (Å²) in [5.74, 6) is -0.647. The molecule has 1 fully saturated rings. The Balaban J connectivity index is 1.81. The molecule has 0 saturated carbocycles. The normalized spacial score (nSPS) is 22.0. The average molecular weight is 341 g/mol. The lowest BCUT2D eigenvalue weighted by molar-refractivity contribution is 0.0931. The van der Waals surface area contributed by atoms with E-state index in [1.54, 1.807) is 12.1 Å². The molecule has 1 aromatic heterocycles. The van der Waals surface area contributed by atoms with Gasteiger partial charge in [0.1, 0.15) is 10.7 Å². The van der Waals surface area contributed by atoms with E-state index in [-0.39, 0.29) is 23.0 Å². The lowest BCUT2D eigenvalue weighted by Crippen LogP contribution is -2.38. The molecule has 8 heteroatoms. The van der Waals surface area contributed by atoms with Gasteiger partial charge < -0.3 is 5.32 Å². The third-order valence-electron chi connectivity index (χ3n) is 3.84. The first-order valence-corrected chi connectivity index (χ1v) is 7.95. The monoisotopic (exact) mass is 340 g/mol. The maximum Gasteiger partial charge on any atom is 0.264 e. The van der Waals surface area contributed by atoms with Crippen molar-refractivity contribution in [2.45, 2.75) is 18.5 Å². The standard InChI is InChI=1S/C14H14ClFN4OS/c1-20-5-4-11(18-14(21)12-7-17-19-22-12)13(20)8-2-3-9(15)10(16)6-8/h2-3,6-7,11,13H,4-5H2,1H3,(H,18,21). The minimum Gasteiger partial charge on any atom is -0.347 e. The smallest absolute Gasteiger partial charge is 0.264 e. The Bertz CT molecular complexity index is 681. The predicted molar refractivity (Wildman–Crippen MR) is 82.6 cm³/mol. The van der Waals surface area contributed by atoms with Crippen molar-refractivity contribution in [3.8, 4) is 0 Å². The van der Waals surface area contributed by atoms with Crippen LogP contribution in [0.3, 0.4) is 0 Å². The maximum absolute atomic E-state index is 13.7. The Morgan fingerprint density at radius 2 is 2.36 bits per heavy atom. The number of halogens is 2. The van der Waals surface area contributed by atoms with E-state index in [4.69, 9.17) is 11.6 Å². The van der Waals surface area contributed by atoms with Gasteiger partial charge in [0.2, 0.25) is 0 Å². The summed E-state index contributed by atoms with van der Waals surface area (Å²) in [7, 11) is 1.96. The highest BCUT2D eigenvalue weighted by atomic mass is 35.5. The predicted octanol–water partition coefficient (Wildman–Crippen LogP) is 2.51. The van der Waals surface area contributed by atoms with Crippen LogP contribution in [-0.2, 0) is 0 Å². The van der Waals surface area contributed by atoms with E-state index in [9.17, 15) is 9.18 Å². The second kappa shape index (κ2) is 6.28. The lowest BCUT2D eigenvalue weighted by Gasteiger charge is -2.26. The summed E-state index contributed by atoms with van der Waals surface area (Å²) in [6, 6.07) is 4.59. The molecule has 1 amide bonds. The number of likely N-dealkylation sites (tertiary alicyclic amines) is 1.